The van der Waals surface area contributed by atoms with Gasteiger partial charge in [-0.3, -0.25) is 4.79 Å². The predicted molar refractivity (Wildman–Crippen MR) is 74.7 cm³/mol. The van der Waals surface area contributed by atoms with Crippen LogP contribution in [0.3, 0.4) is 0 Å². The van der Waals surface area contributed by atoms with Gasteiger partial charge in [-0.15, -0.1) is 0 Å². The summed E-state index contributed by atoms with van der Waals surface area (Å²) in [6, 6.07) is 10.2. The number of anilines is 1. The maximum atomic E-state index is 13.1. The lowest BCUT2D eigenvalue weighted by atomic mass is 10.1. The first-order chi connectivity index (χ1) is 9.47. The number of amides is 1. The third-order valence-corrected chi connectivity index (χ3v) is 2.92. The summed E-state index contributed by atoms with van der Waals surface area (Å²) >= 11 is 0. The summed E-state index contributed by atoms with van der Waals surface area (Å²) in [6.07, 6.45) is 0. The lowest BCUT2D eigenvalue weighted by Crippen LogP contribution is -2.27. The molecule has 0 aliphatic rings. The Balaban J connectivity index is 2.18. The Kier molecular flexibility index (Phi) is 3.89. The van der Waals surface area contributed by atoms with Crippen molar-refractivity contribution < 1.29 is 14.3 Å². The van der Waals surface area contributed by atoms with Crippen molar-refractivity contribution in [3.8, 4) is 5.75 Å². The summed E-state index contributed by atoms with van der Waals surface area (Å²) in [5.41, 5.74) is 6.92. The molecule has 0 radical (unpaired) electrons. The minimum atomic E-state index is -0.347. The monoisotopic (exact) mass is 274 g/mol. The van der Waals surface area contributed by atoms with Crippen molar-refractivity contribution in [2.24, 2.45) is 0 Å². The van der Waals surface area contributed by atoms with E-state index < -0.39 is 0 Å². The smallest absolute Gasteiger partial charge is 0.256 e. The number of hydrogen-bond acceptors (Lipinski definition) is 3. The van der Waals surface area contributed by atoms with Gasteiger partial charge in [-0.25, -0.2) is 4.39 Å². The number of carbonyl (C=O) groups excluding carboxylic acids is 1. The van der Waals surface area contributed by atoms with Crippen LogP contribution in [0.15, 0.2) is 42.5 Å². The Hall–Kier alpha value is -2.56. The van der Waals surface area contributed by atoms with Gasteiger partial charge in [0.1, 0.15) is 11.6 Å². The van der Waals surface area contributed by atoms with E-state index in [1.807, 2.05) is 0 Å². The molecule has 0 unspecified atom stereocenters. The molecule has 0 spiro atoms. The van der Waals surface area contributed by atoms with Gasteiger partial charge in [0.25, 0.3) is 5.91 Å². The van der Waals surface area contributed by atoms with Crippen molar-refractivity contribution in [3.05, 3.63) is 59.4 Å². The number of rotatable bonds is 3. The average molecular weight is 274 g/mol. The second kappa shape index (κ2) is 5.61. The number of nitrogens with two attached hydrogens (primary N) is 1. The van der Waals surface area contributed by atoms with Gasteiger partial charge in [-0.1, -0.05) is 12.1 Å². The van der Waals surface area contributed by atoms with Gasteiger partial charge in [0.2, 0.25) is 0 Å². The normalized spacial score (nSPS) is 10.3. The van der Waals surface area contributed by atoms with Crippen LogP contribution in [0.25, 0.3) is 0 Å². The first-order valence-corrected chi connectivity index (χ1v) is 6.06. The van der Waals surface area contributed by atoms with Gasteiger partial charge in [-0.2, -0.15) is 0 Å². The summed E-state index contributed by atoms with van der Waals surface area (Å²) in [5.74, 6) is -0.704. The minimum Gasteiger partial charge on any atom is -0.508 e. The van der Waals surface area contributed by atoms with Crippen molar-refractivity contribution in [1.82, 2.24) is 4.90 Å². The summed E-state index contributed by atoms with van der Waals surface area (Å²) in [4.78, 5) is 13.7. The molecule has 3 N–H and O–H groups in total. The number of carbonyl (C=O) groups is 1. The largest absolute Gasteiger partial charge is 0.508 e. The lowest BCUT2D eigenvalue weighted by Gasteiger charge is -2.18. The van der Waals surface area contributed by atoms with E-state index in [1.165, 1.54) is 35.2 Å². The highest BCUT2D eigenvalue weighted by atomic mass is 19.1. The molecule has 0 aliphatic carbocycles. The summed E-state index contributed by atoms with van der Waals surface area (Å²) < 4.78 is 13.1. The third kappa shape index (κ3) is 3.06. The molecule has 0 saturated carbocycles. The zero-order chi connectivity index (χ0) is 14.7. The van der Waals surface area contributed by atoms with Crippen LogP contribution >= 0.6 is 0 Å². The third-order valence-electron chi connectivity index (χ3n) is 2.92. The second-order valence-electron chi connectivity index (χ2n) is 4.56. The Labute approximate surface area is 116 Å². The summed E-state index contributed by atoms with van der Waals surface area (Å²) in [7, 11) is 1.59. The topological polar surface area (TPSA) is 66.6 Å². The molecule has 0 aliphatic heterocycles. The maximum Gasteiger partial charge on any atom is 0.256 e. The van der Waals surface area contributed by atoms with E-state index in [2.05, 4.69) is 0 Å². The summed E-state index contributed by atoms with van der Waals surface area (Å²) in [6.45, 7) is 0.256. The van der Waals surface area contributed by atoms with Crippen LogP contribution in [0.2, 0.25) is 0 Å². The average Bonchev–Trinajstić information content (AvgIpc) is 2.40. The van der Waals surface area contributed by atoms with Gasteiger partial charge in [-0.05, 0) is 35.9 Å². The zero-order valence-corrected chi connectivity index (χ0v) is 11.0. The molecular formula is C15H15FN2O2. The molecule has 1 amide bonds. The number of benzene rings is 2. The minimum absolute atomic E-state index is 0.0262. The van der Waals surface area contributed by atoms with E-state index >= 15 is 0 Å². The predicted octanol–water partition coefficient (Wildman–Crippen LogP) is 2.39. The fourth-order valence-corrected chi connectivity index (χ4v) is 1.92. The molecule has 2 aromatic rings. The molecule has 2 rings (SSSR count). The van der Waals surface area contributed by atoms with E-state index in [1.54, 1.807) is 19.2 Å². The van der Waals surface area contributed by atoms with Gasteiger partial charge in [0.05, 0.1) is 5.56 Å². The number of nitrogen functional groups attached to an aromatic ring is 1. The molecule has 0 atom stereocenters. The molecule has 0 bridgehead atoms. The fraction of sp³-hybridized carbons (Fsp3) is 0.133. The van der Waals surface area contributed by atoms with Crippen LogP contribution in [-0.4, -0.2) is 23.0 Å². The highest BCUT2D eigenvalue weighted by molar-refractivity contribution is 5.99. The molecule has 0 saturated heterocycles. The first-order valence-electron chi connectivity index (χ1n) is 6.06. The van der Waals surface area contributed by atoms with E-state index in [4.69, 9.17) is 5.73 Å². The van der Waals surface area contributed by atoms with Crippen molar-refractivity contribution in [3.63, 3.8) is 0 Å². The highest BCUT2D eigenvalue weighted by Gasteiger charge is 2.15. The zero-order valence-electron chi connectivity index (χ0n) is 11.0. The van der Waals surface area contributed by atoms with Crippen LogP contribution in [0.5, 0.6) is 5.75 Å². The molecule has 0 fully saturated rings. The van der Waals surface area contributed by atoms with Crippen LogP contribution in [0.4, 0.5) is 10.1 Å². The second-order valence-corrected chi connectivity index (χ2v) is 4.56. The fourth-order valence-electron chi connectivity index (χ4n) is 1.92. The molecule has 4 nitrogen and oxygen atoms in total. The SMILES string of the molecule is CN(Cc1cccc(F)c1)C(=O)c1cc(O)ccc1N. The van der Waals surface area contributed by atoms with E-state index in [0.29, 0.717) is 11.3 Å². The van der Waals surface area contributed by atoms with Crippen LogP contribution in [0.1, 0.15) is 15.9 Å². The number of nitrogens with zero attached hydrogens (tertiary/aromatic N) is 1. The maximum absolute atomic E-state index is 13.1. The Morgan fingerprint density at radius 2 is 2.05 bits per heavy atom. The lowest BCUT2D eigenvalue weighted by molar-refractivity contribution is 0.0785. The van der Waals surface area contributed by atoms with Gasteiger partial charge < -0.3 is 15.7 Å². The number of halogens is 1. The number of phenolic OH excluding ortho intramolecular Hbond substituents is 1. The van der Waals surface area contributed by atoms with E-state index in [0.717, 1.165) is 0 Å². The van der Waals surface area contributed by atoms with Crippen molar-refractivity contribution in [2.45, 2.75) is 6.54 Å². The van der Waals surface area contributed by atoms with Gasteiger partial charge in [0.15, 0.2) is 0 Å². The number of aromatic hydroxyl groups is 1. The molecule has 5 heteroatoms. The molecular weight excluding hydrogens is 259 g/mol. The number of phenols is 1. The van der Waals surface area contributed by atoms with Crippen molar-refractivity contribution in [2.75, 3.05) is 12.8 Å². The van der Waals surface area contributed by atoms with Gasteiger partial charge in [0, 0.05) is 19.3 Å². The van der Waals surface area contributed by atoms with Crippen molar-refractivity contribution in [1.29, 1.82) is 0 Å². The first kappa shape index (κ1) is 13.9. The number of hydrogen-bond donors (Lipinski definition) is 2. The Bertz CT molecular complexity index is 644. The highest BCUT2D eigenvalue weighted by Crippen LogP contribution is 2.20. The Morgan fingerprint density at radius 3 is 2.75 bits per heavy atom. The van der Waals surface area contributed by atoms with Crippen LogP contribution in [-0.2, 0) is 6.54 Å². The molecule has 2 aromatic carbocycles. The molecule has 20 heavy (non-hydrogen) atoms. The molecule has 0 aromatic heterocycles. The Morgan fingerprint density at radius 1 is 1.30 bits per heavy atom. The van der Waals surface area contributed by atoms with E-state index in [9.17, 15) is 14.3 Å². The summed E-state index contributed by atoms with van der Waals surface area (Å²) in [5, 5.41) is 9.42. The molecule has 0 heterocycles. The standard InChI is InChI=1S/C15H15FN2O2/c1-18(9-10-3-2-4-11(16)7-10)15(20)13-8-12(19)5-6-14(13)17/h2-8,19H,9,17H2,1H3. The van der Waals surface area contributed by atoms with Crippen LogP contribution < -0.4 is 5.73 Å². The van der Waals surface area contributed by atoms with Crippen molar-refractivity contribution >= 4 is 11.6 Å². The van der Waals surface area contributed by atoms with Crippen LogP contribution in [0, 0.1) is 5.82 Å². The quantitative estimate of drug-likeness (QED) is 0.667. The van der Waals surface area contributed by atoms with E-state index in [-0.39, 0.29) is 29.6 Å². The molecule has 104 valence electrons. The van der Waals surface area contributed by atoms with Gasteiger partial charge >= 0.3 is 0 Å².